The standard InChI is InChI=1S/C11H10N4S/c12-11-14-9-4-1-5-13-10(9)15(11)7-8-3-2-6-16-8/h1-6H,7H2,(H2,12,14). The molecule has 0 aliphatic heterocycles. The normalized spacial score (nSPS) is 11.0. The second-order valence-electron chi connectivity index (χ2n) is 3.48. The SMILES string of the molecule is Nc1nc2cccnc2n1Cc1cccs1. The first-order valence-electron chi connectivity index (χ1n) is 4.94. The lowest BCUT2D eigenvalue weighted by atomic mass is 10.4. The number of nitrogens with two attached hydrogens (primary N) is 1. The van der Waals surface area contributed by atoms with E-state index in [-0.39, 0.29) is 0 Å². The van der Waals surface area contributed by atoms with Gasteiger partial charge in [-0.1, -0.05) is 6.07 Å². The number of pyridine rings is 1. The van der Waals surface area contributed by atoms with E-state index in [0.717, 1.165) is 17.7 Å². The molecule has 0 saturated heterocycles. The molecule has 80 valence electrons. The molecule has 0 radical (unpaired) electrons. The van der Waals surface area contributed by atoms with Crippen LogP contribution in [0.5, 0.6) is 0 Å². The van der Waals surface area contributed by atoms with Crippen molar-refractivity contribution < 1.29 is 0 Å². The summed E-state index contributed by atoms with van der Waals surface area (Å²) in [5, 5.41) is 2.05. The summed E-state index contributed by atoms with van der Waals surface area (Å²) in [6.07, 6.45) is 1.76. The van der Waals surface area contributed by atoms with Gasteiger partial charge in [0.15, 0.2) is 5.65 Å². The summed E-state index contributed by atoms with van der Waals surface area (Å²) in [4.78, 5) is 9.83. The lowest BCUT2D eigenvalue weighted by molar-refractivity contribution is 0.841. The van der Waals surface area contributed by atoms with Crippen molar-refractivity contribution in [2.45, 2.75) is 6.54 Å². The number of hydrogen-bond donors (Lipinski definition) is 1. The summed E-state index contributed by atoms with van der Waals surface area (Å²) in [7, 11) is 0. The minimum atomic E-state index is 0.516. The fourth-order valence-electron chi connectivity index (χ4n) is 1.69. The fraction of sp³-hybridized carbons (Fsp3) is 0.0909. The molecule has 4 nitrogen and oxygen atoms in total. The maximum absolute atomic E-state index is 5.89. The third kappa shape index (κ3) is 1.45. The maximum Gasteiger partial charge on any atom is 0.202 e. The number of anilines is 1. The molecule has 3 rings (SSSR count). The number of aromatic nitrogens is 3. The molecule has 2 N–H and O–H groups in total. The number of hydrogen-bond acceptors (Lipinski definition) is 4. The van der Waals surface area contributed by atoms with Crippen molar-refractivity contribution in [3.63, 3.8) is 0 Å². The van der Waals surface area contributed by atoms with E-state index >= 15 is 0 Å². The van der Waals surface area contributed by atoms with E-state index in [1.54, 1.807) is 17.5 Å². The van der Waals surface area contributed by atoms with Crippen molar-refractivity contribution in [2.24, 2.45) is 0 Å². The fourth-order valence-corrected chi connectivity index (χ4v) is 2.38. The summed E-state index contributed by atoms with van der Waals surface area (Å²) in [5.41, 5.74) is 7.57. The smallest absolute Gasteiger partial charge is 0.202 e. The summed E-state index contributed by atoms with van der Waals surface area (Å²) >= 11 is 1.71. The molecule has 0 aliphatic carbocycles. The Morgan fingerprint density at radius 2 is 2.25 bits per heavy atom. The van der Waals surface area contributed by atoms with Crippen molar-refractivity contribution in [3.8, 4) is 0 Å². The van der Waals surface area contributed by atoms with Crippen LogP contribution in [0.3, 0.4) is 0 Å². The van der Waals surface area contributed by atoms with Gasteiger partial charge in [-0.05, 0) is 23.6 Å². The quantitative estimate of drug-likeness (QED) is 0.733. The molecule has 16 heavy (non-hydrogen) atoms. The van der Waals surface area contributed by atoms with E-state index in [4.69, 9.17) is 5.73 Å². The Kier molecular flexibility index (Phi) is 2.11. The predicted octanol–water partition coefficient (Wildman–Crippen LogP) is 2.12. The zero-order chi connectivity index (χ0) is 11.0. The van der Waals surface area contributed by atoms with E-state index in [1.165, 1.54) is 4.88 Å². The van der Waals surface area contributed by atoms with Crippen LogP contribution in [0, 0.1) is 0 Å². The van der Waals surface area contributed by atoms with Crippen LogP contribution in [0.1, 0.15) is 4.88 Å². The van der Waals surface area contributed by atoms with Gasteiger partial charge in [0.25, 0.3) is 0 Å². The predicted molar refractivity (Wildman–Crippen MR) is 65.4 cm³/mol. The first-order valence-corrected chi connectivity index (χ1v) is 5.81. The van der Waals surface area contributed by atoms with Gasteiger partial charge in [-0.3, -0.25) is 4.57 Å². The van der Waals surface area contributed by atoms with Crippen molar-refractivity contribution in [2.75, 3.05) is 5.73 Å². The van der Waals surface area contributed by atoms with Gasteiger partial charge in [0.2, 0.25) is 5.95 Å². The average Bonchev–Trinajstić information content (AvgIpc) is 2.89. The second kappa shape index (κ2) is 3.61. The zero-order valence-corrected chi connectivity index (χ0v) is 9.31. The van der Waals surface area contributed by atoms with Gasteiger partial charge in [0.05, 0.1) is 6.54 Å². The van der Waals surface area contributed by atoms with Gasteiger partial charge < -0.3 is 5.73 Å². The molecule has 3 aromatic heterocycles. The molecule has 0 unspecified atom stereocenters. The number of thiophene rings is 1. The summed E-state index contributed by atoms with van der Waals surface area (Å²) < 4.78 is 1.93. The molecular weight excluding hydrogens is 220 g/mol. The van der Waals surface area contributed by atoms with Gasteiger partial charge in [0.1, 0.15) is 5.52 Å². The van der Waals surface area contributed by atoms with Crippen LogP contribution >= 0.6 is 11.3 Å². The zero-order valence-electron chi connectivity index (χ0n) is 8.50. The van der Waals surface area contributed by atoms with Crippen molar-refractivity contribution in [3.05, 3.63) is 40.7 Å². The first kappa shape index (κ1) is 9.35. The van der Waals surface area contributed by atoms with Crippen molar-refractivity contribution in [1.82, 2.24) is 14.5 Å². The molecule has 3 aromatic rings. The van der Waals surface area contributed by atoms with Crippen LogP contribution < -0.4 is 5.73 Å². The lowest BCUT2D eigenvalue weighted by Crippen LogP contribution is -2.03. The van der Waals surface area contributed by atoms with Crippen LogP contribution in [0.2, 0.25) is 0 Å². The Bertz CT molecular complexity index is 612. The Morgan fingerprint density at radius 1 is 1.31 bits per heavy atom. The van der Waals surface area contributed by atoms with E-state index < -0.39 is 0 Å². The summed E-state index contributed by atoms with van der Waals surface area (Å²) in [6.45, 7) is 0.733. The molecular formula is C11H10N4S. The highest BCUT2D eigenvalue weighted by Gasteiger charge is 2.09. The lowest BCUT2D eigenvalue weighted by Gasteiger charge is -2.02. The van der Waals surface area contributed by atoms with Gasteiger partial charge in [0, 0.05) is 11.1 Å². The summed E-state index contributed by atoms with van der Waals surface area (Å²) in [6, 6.07) is 7.90. The molecule has 0 atom stereocenters. The van der Waals surface area contributed by atoms with Crippen LogP contribution in [0.4, 0.5) is 5.95 Å². The van der Waals surface area contributed by atoms with E-state index in [1.807, 2.05) is 22.8 Å². The highest BCUT2D eigenvalue weighted by Crippen LogP contribution is 2.18. The third-order valence-corrected chi connectivity index (χ3v) is 3.29. The van der Waals surface area contributed by atoms with Gasteiger partial charge >= 0.3 is 0 Å². The monoisotopic (exact) mass is 230 g/mol. The molecule has 0 bridgehead atoms. The number of fused-ring (bicyclic) bond motifs is 1. The van der Waals surface area contributed by atoms with Gasteiger partial charge in [-0.2, -0.15) is 0 Å². The minimum Gasteiger partial charge on any atom is -0.369 e. The Balaban J connectivity index is 2.12. The Hall–Kier alpha value is -1.88. The average molecular weight is 230 g/mol. The first-order chi connectivity index (χ1) is 7.84. The summed E-state index contributed by atoms with van der Waals surface area (Å²) in [5.74, 6) is 0.516. The number of rotatable bonds is 2. The number of nitrogens with zero attached hydrogens (tertiary/aromatic N) is 3. The topological polar surface area (TPSA) is 56.7 Å². The maximum atomic E-state index is 5.89. The Labute approximate surface area is 96.4 Å². The highest BCUT2D eigenvalue weighted by atomic mass is 32.1. The van der Waals surface area contributed by atoms with E-state index in [0.29, 0.717) is 5.95 Å². The molecule has 0 aromatic carbocycles. The molecule has 3 heterocycles. The number of imidazole rings is 1. The second-order valence-corrected chi connectivity index (χ2v) is 4.51. The van der Waals surface area contributed by atoms with Crippen LogP contribution in [-0.4, -0.2) is 14.5 Å². The minimum absolute atomic E-state index is 0.516. The van der Waals surface area contributed by atoms with E-state index in [2.05, 4.69) is 21.4 Å². The largest absolute Gasteiger partial charge is 0.369 e. The third-order valence-electron chi connectivity index (χ3n) is 2.43. The molecule has 0 saturated carbocycles. The Morgan fingerprint density at radius 3 is 3.06 bits per heavy atom. The molecule has 0 fully saturated rings. The van der Waals surface area contributed by atoms with Crippen molar-refractivity contribution in [1.29, 1.82) is 0 Å². The van der Waals surface area contributed by atoms with Gasteiger partial charge in [-0.15, -0.1) is 11.3 Å². The highest BCUT2D eigenvalue weighted by molar-refractivity contribution is 7.09. The van der Waals surface area contributed by atoms with Crippen LogP contribution in [0.15, 0.2) is 35.8 Å². The van der Waals surface area contributed by atoms with Crippen molar-refractivity contribution >= 4 is 28.4 Å². The molecule has 0 spiro atoms. The molecule has 0 aliphatic rings. The number of nitrogen functional groups attached to an aromatic ring is 1. The van der Waals surface area contributed by atoms with Crippen LogP contribution in [-0.2, 0) is 6.54 Å². The van der Waals surface area contributed by atoms with Crippen LogP contribution in [0.25, 0.3) is 11.2 Å². The van der Waals surface area contributed by atoms with E-state index in [9.17, 15) is 0 Å². The van der Waals surface area contributed by atoms with Gasteiger partial charge in [-0.25, -0.2) is 9.97 Å². The molecule has 0 amide bonds. The molecule has 5 heteroatoms.